The van der Waals surface area contributed by atoms with E-state index in [1.807, 2.05) is 60.8 Å². The smallest absolute Gasteiger partial charge is 0.174 e. The van der Waals surface area contributed by atoms with Crippen molar-refractivity contribution in [1.29, 1.82) is 0 Å². The Hall–Kier alpha value is -2.91. The predicted molar refractivity (Wildman–Crippen MR) is 144 cm³/mol. The number of nitrogens with zero attached hydrogens (tertiary/aromatic N) is 2. The molecule has 2 aromatic heterocycles. The normalized spacial score (nSPS) is 17.8. The average Bonchev–Trinajstić information content (AvgIpc) is 3.30. The monoisotopic (exact) mass is 566 g/mol. The van der Waals surface area contributed by atoms with E-state index in [1.165, 1.54) is 9.13 Å². The lowest BCUT2D eigenvalue weighted by Crippen LogP contribution is -2.29. The largest absolute Gasteiger partial charge is 0.457 e. The van der Waals surface area contributed by atoms with Crippen molar-refractivity contribution in [2.45, 2.75) is 25.9 Å². The molecule has 1 fully saturated rings. The number of aromatic amines is 1. The standard InChI is InChI=1S/C26H23IN4OS/c1-16-22(23(27)17(2)29-16)25-24(21-10-6-7-15-28-21)30-26(33)31(25)18-11-13-20(14-12-18)32-19-8-4-3-5-9-19/h3-15,24-25,29H,1-2H3,(H,30,33). The van der Waals surface area contributed by atoms with Crippen LogP contribution in [0, 0.1) is 17.4 Å². The number of aryl methyl sites for hydroxylation is 2. The van der Waals surface area contributed by atoms with Crippen LogP contribution >= 0.6 is 34.8 Å². The minimum Gasteiger partial charge on any atom is -0.457 e. The maximum Gasteiger partial charge on any atom is 0.174 e. The minimum atomic E-state index is -0.0682. The van der Waals surface area contributed by atoms with E-state index in [0.717, 1.165) is 34.3 Å². The number of para-hydroxylation sites is 1. The average molecular weight is 566 g/mol. The molecule has 2 aromatic carbocycles. The maximum atomic E-state index is 5.98. The number of hydrogen-bond donors (Lipinski definition) is 2. The number of benzene rings is 2. The molecule has 1 aliphatic rings. The molecule has 0 saturated carbocycles. The zero-order valence-electron chi connectivity index (χ0n) is 18.2. The highest BCUT2D eigenvalue weighted by Gasteiger charge is 2.43. The summed E-state index contributed by atoms with van der Waals surface area (Å²) in [6.45, 7) is 4.23. The number of aromatic nitrogens is 2. The Morgan fingerprint density at radius 2 is 1.61 bits per heavy atom. The van der Waals surface area contributed by atoms with Gasteiger partial charge in [0.05, 0.1) is 17.8 Å². The molecule has 33 heavy (non-hydrogen) atoms. The van der Waals surface area contributed by atoms with Crippen LogP contribution in [0.5, 0.6) is 11.5 Å². The highest BCUT2D eigenvalue weighted by atomic mass is 127. The molecule has 166 valence electrons. The Balaban J connectivity index is 1.54. The van der Waals surface area contributed by atoms with Crippen LogP contribution < -0.4 is 15.0 Å². The molecule has 3 heterocycles. The lowest BCUT2D eigenvalue weighted by molar-refractivity contribution is 0.482. The first-order valence-corrected chi connectivity index (χ1v) is 12.2. The predicted octanol–water partition coefficient (Wildman–Crippen LogP) is 6.60. The van der Waals surface area contributed by atoms with Crippen molar-refractivity contribution < 1.29 is 4.74 Å². The number of nitrogens with one attached hydrogen (secondary N) is 2. The number of anilines is 1. The van der Waals surface area contributed by atoms with Gasteiger partial charge >= 0.3 is 0 Å². The SMILES string of the molecule is Cc1[nH]c(C)c(C2C(c3ccccn3)NC(=S)N2c2ccc(Oc3ccccc3)cc2)c1I. The van der Waals surface area contributed by atoms with E-state index in [-0.39, 0.29) is 12.1 Å². The van der Waals surface area contributed by atoms with Gasteiger partial charge in [-0.3, -0.25) is 4.98 Å². The molecule has 2 N–H and O–H groups in total. The molecule has 1 aliphatic heterocycles. The van der Waals surface area contributed by atoms with Crippen molar-refractivity contribution in [2.24, 2.45) is 0 Å². The Morgan fingerprint density at radius 3 is 2.24 bits per heavy atom. The number of thiocarbonyl (C=S) groups is 1. The second-order valence-corrected chi connectivity index (χ2v) is 9.47. The van der Waals surface area contributed by atoms with Crippen LogP contribution in [0.2, 0.25) is 0 Å². The third-order valence-electron chi connectivity index (χ3n) is 5.83. The summed E-state index contributed by atoms with van der Waals surface area (Å²) in [4.78, 5) is 10.3. The molecule has 0 amide bonds. The third kappa shape index (κ3) is 4.22. The van der Waals surface area contributed by atoms with E-state index in [4.69, 9.17) is 17.0 Å². The highest BCUT2D eigenvalue weighted by molar-refractivity contribution is 14.1. The van der Waals surface area contributed by atoms with Gasteiger partial charge in [0.15, 0.2) is 5.11 Å². The van der Waals surface area contributed by atoms with E-state index in [0.29, 0.717) is 5.11 Å². The van der Waals surface area contributed by atoms with Crippen LogP contribution in [0.1, 0.15) is 34.7 Å². The van der Waals surface area contributed by atoms with Crippen molar-refractivity contribution in [2.75, 3.05) is 4.90 Å². The summed E-state index contributed by atoms with van der Waals surface area (Å²) in [7, 11) is 0. The molecule has 1 saturated heterocycles. The van der Waals surface area contributed by atoms with Crippen LogP contribution in [-0.2, 0) is 0 Å². The van der Waals surface area contributed by atoms with E-state index in [9.17, 15) is 0 Å². The summed E-state index contributed by atoms with van der Waals surface area (Å²) < 4.78 is 7.20. The van der Waals surface area contributed by atoms with Gasteiger partial charge in [0, 0.05) is 32.4 Å². The highest BCUT2D eigenvalue weighted by Crippen LogP contribution is 2.44. The van der Waals surface area contributed by atoms with Crippen molar-refractivity contribution in [3.8, 4) is 11.5 Å². The second-order valence-electron chi connectivity index (χ2n) is 8.01. The molecule has 4 aromatic rings. The molecule has 2 atom stereocenters. The quantitative estimate of drug-likeness (QED) is 0.211. The zero-order valence-corrected chi connectivity index (χ0v) is 21.2. The lowest BCUT2D eigenvalue weighted by atomic mass is 9.96. The molecule has 5 rings (SSSR count). The second kappa shape index (κ2) is 9.15. The molecule has 0 aliphatic carbocycles. The Kier molecular flexibility index (Phi) is 6.07. The van der Waals surface area contributed by atoms with E-state index < -0.39 is 0 Å². The Morgan fingerprint density at radius 1 is 0.909 bits per heavy atom. The fraction of sp³-hybridized carbons (Fsp3) is 0.154. The summed E-state index contributed by atoms with van der Waals surface area (Å²) in [5.41, 5.74) is 5.51. The van der Waals surface area contributed by atoms with E-state index >= 15 is 0 Å². The number of hydrogen-bond acceptors (Lipinski definition) is 3. The van der Waals surface area contributed by atoms with Crippen molar-refractivity contribution in [3.63, 3.8) is 0 Å². The summed E-state index contributed by atoms with van der Waals surface area (Å²) in [5, 5.41) is 4.21. The van der Waals surface area contributed by atoms with Crippen molar-refractivity contribution in [3.05, 3.63) is 105 Å². The van der Waals surface area contributed by atoms with Crippen molar-refractivity contribution >= 4 is 45.6 Å². The Bertz CT molecular complexity index is 1280. The molecular weight excluding hydrogens is 543 g/mol. The van der Waals surface area contributed by atoms with Crippen LogP contribution in [0.25, 0.3) is 0 Å². The van der Waals surface area contributed by atoms with Crippen LogP contribution in [0.4, 0.5) is 5.69 Å². The van der Waals surface area contributed by atoms with Gasteiger partial charge in [0.25, 0.3) is 0 Å². The number of rotatable bonds is 5. The molecule has 0 spiro atoms. The van der Waals surface area contributed by atoms with Gasteiger partial charge < -0.3 is 19.9 Å². The van der Waals surface area contributed by atoms with Gasteiger partial charge in [-0.2, -0.15) is 0 Å². The van der Waals surface area contributed by atoms with Gasteiger partial charge in [0.2, 0.25) is 0 Å². The minimum absolute atomic E-state index is 0.0369. The fourth-order valence-corrected chi connectivity index (χ4v) is 5.55. The van der Waals surface area contributed by atoms with E-state index in [2.05, 4.69) is 74.8 Å². The lowest BCUT2D eigenvalue weighted by Gasteiger charge is -2.28. The zero-order chi connectivity index (χ0) is 22.9. The van der Waals surface area contributed by atoms with Crippen molar-refractivity contribution in [1.82, 2.24) is 15.3 Å². The first-order valence-electron chi connectivity index (χ1n) is 10.7. The number of ether oxygens (including phenoxy) is 1. The number of pyridine rings is 1. The first-order chi connectivity index (χ1) is 16.0. The summed E-state index contributed by atoms with van der Waals surface area (Å²) in [6, 6.07) is 23.8. The van der Waals surface area contributed by atoms with E-state index in [1.54, 1.807) is 0 Å². The van der Waals surface area contributed by atoms with Crippen LogP contribution in [-0.4, -0.2) is 15.1 Å². The molecule has 7 heteroatoms. The number of H-pyrrole nitrogens is 1. The Labute approximate surface area is 212 Å². The molecule has 5 nitrogen and oxygen atoms in total. The van der Waals surface area contributed by atoms with Crippen LogP contribution in [0.15, 0.2) is 79.0 Å². The fourth-order valence-electron chi connectivity index (χ4n) is 4.35. The molecular formula is C26H23IN4OS. The topological polar surface area (TPSA) is 53.2 Å². The molecule has 0 radical (unpaired) electrons. The summed E-state index contributed by atoms with van der Waals surface area (Å²) >= 11 is 8.28. The maximum absolute atomic E-state index is 5.98. The van der Waals surface area contributed by atoms with Gasteiger partial charge in [-0.1, -0.05) is 24.3 Å². The third-order valence-corrected chi connectivity index (χ3v) is 7.54. The van der Waals surface area contributed by atoms with Gasteiger partial charge in [-0.25, -0.2) is 0 Å². The number of halogens is 1. The van der Waals surface area contributed by atoms with Crippen LogP contribution in [0.3, 0.4) is 0 Å². The van der Waals surface area contributed by atoms with Gasteiger partial charge in [-0.05, 0) is 97.2 Å². The molecule has 2 unspecified atom stereocenters. The summed E-state index contributed by atoms with van der Waals surface area (Å²) in [6.07, 6.45) is 1.83. The molecule has 0 bridgehead atoms. The van der Waals surface area contributed by atoms with Gasteiger partial charge in [-0.15, -0.1) is 0 Å². The first kappa shape index (κ1) is 21.9. The van der Waals surface area contributed by atoms with Gasteiger partial charge in [0.1, 0.15) is 11.5 Å². The summed E-state index contributed by atoms with van der Waals surface area (Å²) in [5.74, 6) is 1.59.